The lowest BCUT2D eigenvalue weighted by atomic mass is 9.67. The number of hydrogen-bond acceptors (Lipinski definition) is 20. The van der Waals surface area contributed by atoms with Crippen molar-refractivity contribution in [3.8, 4) is 0 Å². The summed E-state index contributed by atoms with van der Waals surface area (Å²) >= 11 is 0. The third kappa shape index (κ3) is 15.3. The van der Waals surface area contributed by atoms with Gasteiger partial charge in [-0.25, -0.2) is 0 Å². The summed E-state index contributed by atoms with van der Waals surface area (Å²) in [5.41, 5.74) is -3.01. The Kier molecular flexibility index (Phi) is 27.3. The number of piperidine rings is 5. The highest BCUT2D eigenvalue weighted by Gasteiger charge is 2.68. The number of nitrogens with zero attached hydrogens (tertiary/aromatic N) is 5. The van der Waals surface area contributed by atoms with E-state index in [1.165, 1.54) is 0 Å². The zero-order valence-electron chi connectivity index (χ0n) is 68.9. The maximum absolute atomic E-state index is 10.9. The average molecular weight is 1410 g/mol. The standard InChI is InChI=1S/C18H35NO3.C17H33NO3.2C15H29NO3.C14H27NO3/c1-8-15(5)12-21-18(22-13-15)11-16(6,9-2)19(20)17(7,10-3)14(18)4;1-8-15(6)10-17(20-11-14(4,5)12-21-17)13(3)16(7,9-2)18(15)19;1-7-13(5)10-15(18-9-11(3)19-15)12(4)14(6,8-2)16(13)17;1-6-13(4)11-15(18-9-8-10-19-15)12(3)14(5,7-2)16(13)17;1-6-12(4)10-14(17-8-9-18-14)11(3)13(5,7-2)15(12)16/h14,20H,8-13H2,1-7H3;13,19H,8-12H2,1-7H3;11-12,17H,7-10H2,1-6H3;12,17H,6-11H2,1-5H3;11,16H,6-10H2,1-5H3. The van der Waals surface area contributed by atoms with E-state index in [1.807, 2.05) is 0 Å². The number of rotatable bonds is 11. The van der Waals surface area contributed by atoms with E-state index in [4.69, 9.17) is 47.4 Å². The molecule has 0 radical (unpaired) electrons. The molecule has 0 aliphatic carbocycles. The molecule has 5 N–H and O–H groups in total. The summed E-state index contributed by atoms with van der Waals surface area (Å²) in [5, 5.41) is 61.9. The van der Waals surface area contributed by atoms with Gasteiger partial charge in [-0.1, -0.05) is 132 Å². The Labute approximate surface area is 603 Å². The van der Waals surface area contributed by atoms with Gasteiger partial charge < -0.3 is 73.4 Å². The first-order valence-electron chi connectivity index (χ1n) is 39.5. The second kappa shape index (κ2) is 31.1. The van der Waals surface area contributed by atoms with E-state index in [0.29, 0.717) is 52.3 Å². The highest BCUT2D eigenvalue weighted by Crippen LogP contribution is 2.59. The molecule has 0 aromatic rings. The van der Waals surface area contributed by atoms with Crippen molar-refractivity contribution in [1.29, 1.82) is 0 Å². The van der Waals surface area contributed by atoms with Gasteiger partial charge in [-0.05, 0) is 153 Å². The third-order valence-corrected chi connectivity index (χ3v) is 29.8. The summed E-state index contributed by atoms with van der Waals surface area (Å²) < 4.78 is 61.9. The smallest absolute Gasteiger partial charge is 0.175 e. The molecular weight excluding hydrogens is 1260 g/mol. The highest BCUT2D eigenvalue weighted by molar-refractivity contribution is 5.14. The molecule has 0 saturated carbocycles. The van der Waals surface area contributed by atoms with Crippen molar-refractivity contribution in [2.75, 3.05) is 59.5 Å². The molecule has 10 fully saturated rings. The van der Waals surface area contributed by atoms with Gasteiger partial charge in [0.1, 0.15) is 0 Å². The van der Waals surface area contributed by atoms with Crippen molar-refractivity contribution in [2.45, 2.75) is 407 Å². The van der Waals surface area contributed by atoms with E-state index in [-0.39, 0.29) is 102 Å². The Morgan fingerprint density at radius 3 is 0.747 bits per heavy atom. The van der Waals surface area contributed by atoms with Crippen molar-refractivity contribution in [2.24, 2.45) is 40.4 Å². The number of hydrogen-bond donors (Lipinski definition) is 5. The van der Waals surface area contributed by atoms with Crippen molar-refractivity contribution in [3.63, 3.8) is 0 Å². The molecular formula is C79H153N5O15. The fourth-order valence-corrected chi connectivity index (χ4v) is 18.9. The summed E-state index contributed by atoms with van der Waals surface area (Å²) in [5.74, 6) is -2.15. The Hall–Kier alpha value is -0.800. The molecule has 99 heavy (non-hydrogen) atoms. The van der Waals surface area contributed by atoms with Crippen LogP contribution in [0.25, 0.3) is 0 Å². The molecule has 0 aromatic heterocycles. The van der Waals surface area contributed by atoms with Crippen LogP contribution in [-0.2, 0) is 47.4 Å². The first-order chi connectivity index (χ1) is 45.6. The molecule has 10 saturated heterocycles. The maximum Gasteiger partial charge on any atom is 0.175 e. The van der Waals surface area contributed by atoms with Gasteiger partial charge in [0.25, 0.3) is 0 Å². The van der Waals surface area contributed by atoms with Gasteiger partial charge in [0.2, 0.25) is 0 Å². The van der Waals surface area contributed by atoms with Crippen molar-refractivity contribution in [3.05, 3.63) is 0 Å². The van der Waals surface area contributed by atoms with E-state index in [0.717, 1.165) is 116 Å². The second-order valence-electron chi connectivity index (χ2n) is 36.4. The predicted molar refractivity (Wildman–Crippen MR) is 389 cm³/mol. The molecule has 5 spiro atoms. The van der Waals surface area contributed by atoms with Crippen LogP contribution in [-0.4, -0.2) is 201 Å². The quantitative estimate of drug-likeness (QED) is 0.130. The van der Waals surface area contributed by atoms with Crippen LogP contribution in [0.5, 0.6) is 0 Å². The van der Waals surface area contributed by atoms with Crippen molar-refractivity contribution < 1.29 is 73.4 Å². The molecule has 0 aromatic carbocycles. The van der Waals surface area contributed by atoms with Crippen molar-refractivity contribution in [1.82, 2.24) is 25.3 Å². The summed E-state index contributed by atoms with van der Waals surface area (Å²) in [4.78, 5) is 0. The summed E-state index contributed by atoms with van der Waals surface area (Å²) in [6, 6.07) is 0. The van der Waals surface area contributed by atoms with E-state index >= 15 is 0 Å². The lowest BCUT2D eigenvalue weighted by molar-refractivity contribution is -0.400. The van der Waals surface area contributed by atoms with Crippen LogP contribution in [0.2, 0.25) is 0 Å². The van der Waals surface area contributed by atoms with Crippen LogP contribution in [0.1, 0.15) is 317 Å². The van der Waals surface area contributed by atoms with Crippen LogP contribution in [0.3, 0.4) is 0 Å². The fraction of sp³-hybridized carbons (Fsp3) is 1.00. The molecule has 17 unspecified atom stereocenters. The van der Waals surface area contributed by atoms with E-state index < -0.39 is 28.9 Å². The first kappa shape index (κ1) is 87.1. The van der Waals surface area contributed by atoms with Gasteiger partial charge in [0.05, 0.1) is 93.3 Å². The fourth-order valence-electron chi connectivity index (χ4n) is 18.9. The van der Waals surface area contributed by atoms with Gasteiger partial charge >= 0.3 is 0 Å². The maximum atomic E-state index is 10.9. The second-order valence-corrected chi connectivity index (χ2v) is 36.4. The molecule has 17 atom stereocenters. The SMILES string of the molecule is CCC1(C)CC2(OCC(C)(C)CO2)C(C)C(C)(CC)N1O.CCC1(C)CC2(OCC(C)O2)C(C)C(C)(CC)N1O.CCC1(C)CC2(OCCCO2)C(C)C(C)(CC)N1O.CCC1(C)CC2(OCCO2)C(C)C(C)(CC)N1O.CCC1(C)COC2(CC(C)(CC)N(O)C(C)(CC)C2C)OC1. The van der Waals surface area contributed by atoms with Crippen LogP contribution in [0.15, 0.2) is 0 Å². The Morgan fingerprint density at radius 2 is 0.515 bits per heavy atom. The lowest BCUT2D eigenvalue weighted by Crippen LogP contribution is -2.73. The normalized spacial score (nSPS) is 46.8. The third-order valence-electron chi connectivity index (χ3n) is 29.8. The molecule has 10 aliphatic heterocycles. The van der Waals surface area contributed by atoms with Crippen LogP contribution in [0.4, 0.5) is 0 Å². The molecule has 20 heteroatoms. The van der Waals surface area contributed by atoms with Crippen LogP contribution >= 0.6 is 0 Å². The summed E-state index contributed by atoms with van der Waals surface area (Å²) in [6.07, 6.45) is 14.4. The predicted octanol–water partition coefficient (Wildman–Crippen LogP) is 17.2. The Bertz CT molecular complexity index is 2530. The van der Waals surface area contributed by atoms with Crippen molar-refractivity contribution >= 4 is 0 Å². The van der Waals surface area contributed by atoms with Gasteiger partial charge in [0, 0.05) is 100 Å². The zero-order valence-corrected chi connectivity index (χ0v) is 68.9. The van der Waals surface area contributed by atoms with E-state index in [9.17, 15) is 26.0 Å². The van der Waals surface area contributed by atoms with Crippen LogP contribution < -0.4 is 0 Å². The Morgan fingerprint density at radius 1 is 0.283 bits per heavy atom. The average Bonchev–Trinajstić information content (AvgIpc) is 1.11. The molecule has 0 bridgehead atoms. The number of hydroxylamine groups is 10. The topological polar surface area (TPSA) is 210 Å². The van der Waals surface area contributed by atoms with Gasteiger partial charge in [0.15, 0.2) is 28.9 Å². The zero-order chi connectivity index (χ0) is 75.3. The molecule has 20 nitrogen and oxygen atoms in total. The van der Waals surface area contributed by atoms with Gasteiger partial charge in [-0.15, -0.1) is 0 Å². The minimum absolute atomic E-state index is 0.0621. The summed E-state index contributed by atoms with van der Waals surface area (Å²) in [7, 11) is 0. The Balaban J connectivity index is 0.000000195. The van der Waals surface area contributed by atoms with E-state index in [1.54, 1.807) is 25.3 Å². The van der Waals surface area contributed by atoms with Gasteiger partial charge in [-0.2, -0.15) is 25.3 Å². The lowest BCUT2D eigenvalue weighted by Gasteiger charge is -2.63. The van der Waals surface area contributed by atoms with Crippen LogP contribution in [0, 0.1) is 40.4 Å². The highest BCUT2D eigenvalue weighted by atomic mass is 16.8. The molecule has 584 valence electrons. The summed E-state index contributed by atoms with van der Waals surface area (Å²) in [6.45, 7) is 70.3. The number of ether oxygens (including phenoxy) is 10. The molecule has 0 amide bonds. The first-order valence-corrected chi connectivity index (χ1v) is 39.5. The van der Waals surface area contributed by atoms with Gasteiger partial charge in [-0.3, -0.25) is 0 Å². The molecule has 10 aliphatic rings. The minimum Gasteiger partial charge on any atom is -0.349 e. The molecule has 10 rings (SSSR count). The largest absolute Gasteiger partial charge is 0.349 e. The van der Waals surface area contributed by atoms with E-state index in [2.05, 4.69) is 208 Å². The minimum atomic E-state index is -0.580. The molecule has 10 heterocycles. The monoisotopic (exact) mass is 1410 g/mol.